The van der Waals surface area contributed by atoms with E-state index in [1.165, 1.54) is 36.6 Å². The number of hydrogen-bond donors (Lipinski definition) is 1. The van der Waals surface area contributed by atoms with Gasteiger partial charge in [0.25, 0.3) is 5.69 Å². The Bertz CT molecular complexity index is 1370. The van der Waals surface area contributed by atoms with Crippen LogP contribution in [0.25, 0.3) is 16.2 Å². The standard InChI is InChI=1S/C21H16ClN5O5S/c1-32-18-8-4-13(22)10-15(18)17(28)7-9-19(29)23-20-24-21-26(25-20)16(11-33-21)12-2-5-14(6-3-12)27(30)31/h2-6,8,10-11H,7,9H2,1H3,(H,23,25,29). The fraction of sp³-hybridized carbons (Fsp3) is 0.143. The van der Waals surface area contributed by atoms with Gasteiger partial charge in [0.15, 0.2) is 5.78 Å². The summed E-state index contributed by atoms with van der Waals surface area (Å²) in [6.45, 7) is 0. The Hall–Kier alpha value is -3.83. The van der Waals surface area contributed by atoms with Gasteiger partial charge in [-0.2, -0.15) is 4.98 Å². The molecule has 0 unspecified atom stereocenters. The van der Waals surface area contributed by atoms with Crippen LogP contribution in [0.4, 0.5) is 11.6 Å². The summed E-state index contributed by atoms with van der Waals surface area (Å²) in [5.74, 6) is -0.203. The molecule has 0 saturated heterocycles. The molecule has 0 aliphatic rings. The Morgan fingerprint density at radius 2 is 1.97 bits per heavy atom. The molecule has 0 aliphatic heterocycles. The number of ketones is 1. The average Bonchev–Trinajstić information content (AvgIpc) is 3.37. The van der Waals surface area contributed by atoms with Crippen LogP contribution in [0.1, 0.15) is 23.2 Å². The number of rotatable bonds is 8. The van der Waals surface area contributed by atoms with Crippen LogP contribution in [-0.4, -0.2) is 38.3 Å². The Kier molecular flexibility index (Phi) is 6.33. The van der Waals surface area contributed by atoms with Gasteiger partial charge in [0.05, 0.1) is 23.3 Å². The third kappa shape index (κ3) is 4.83. The normalized spacial score (nSPS) is 10.8. The first-order valence-electron chi connectivity index (χ1n) is 9.61. The van der Waals surface area contributed by atoms with E-state index in [2.05, 4.69) is 15.4 Å². The third-order valence-electron chi connectivity index (χ3n) is 4.75. The summed E-state index contributed by atoms with van der Waals surface area (Å²) in [5, 5.41) is 20.0. The molecule has 2 heterocycles. The lowest BCUT2D eigenvalue weighted by Crippen LogP contribution is -2.15. The summed E-state index contributed by atoms with van der Waals surface area (Å²) >= 11 is 7.27. The molecule has 0 atom stereocenters. The van der Waals surface area contributed by atoms with Crippen molar-refractivity contribution in [2.75, 3.05) is 12.4 Å². The zero-order valence-electron chi connectivity index (χ0n) is 17.1. The zero-order valence-corrected chi connectivity index (χ0v) is 18.7. The number of aromatic nitrogens is 3. The lowest BCUT2D eigenvalue weighted by atomic mass is 10.1. The molecule has 1 amide bonds. The topological polar surface area (TPSA) is 129 Å². The summed E-state index contributed by atoms with van der Waals surface area (Å²) in [6, 6.07) is 10.8. The number of benzene rings is 2. The number of halogens is 1. The predicted molar refractivity (Wildman–Crippen MR) is 123 cm³/mol. The highest BCUT2D eigenvalue weighted by Crippen LogP contribution is 2.28. The highest BCUT2D eigenvalue weighted by Gasteiger charge is 2.17. The third-order valence-corrected chi connectivity index (χ3v) is 5.80. The second-order valence-electron chi connectivity index (χ2n) is 6.87. The maximum Gasteiger partial charge on any atom is 0.269 e. The number of carbonyl (C=O) groups is 2. The van der Waals surface area contributed by atoms with E-state index >= 15 is 0 Å². The Labute approximate surface area is 195 Å². The molecule has 0 bridgehead atoms. The highest BCUT2D eigenvalue weighted by molar-refractivity contribution is 7.15. The van der Waals surface area contributed by atoms with Crippen LogP contribution in [0.2, 0.25) is 5.02 Å². The molecule has 1 N–H and O–H groups in total. The molecule has 0 radical (unpaired) electrons. The largest absolute Gasteiger partial charge is 0.496 e. The van der Waals surface area contributed by atoms with Crippen molar-refractivity contribution in [3.8, 4) is 17.0 Å². The van der Waals surface area contributed by atoms with Crippen LogP contribution in [-0.2, 0) is 4.79 Å². The fourth-order valence-electron chi connectivity index (χ4n) is 3.13. The van der Waals surface area contributed by atoms with Crippen molar-refractivity contribution >= 4 is 51.2 Å². The first-order chi connectivity index (χ1) is 15.9. The van der Waals surface area contributed by atoms with E-state index in [-0.39, 0.29) is 30.3 Å². The monoisotopic (exact) mass is 485 g/mol. The van der Waals surface area contributed by atoms with Crippen molar-refractivity contribution < 1.29 is 19.2 Å². The molecule has 0 fully saturated rings. The molecule has 12 heteroatoms. The number of anilines is 1. The quantitative estimate of drug-likeness (QED) is 0.219. The van der Waals surface area contributed by atoms with E-state index in [1.54, 1.807) is 28.8 Å². The van der Waals surface area contributed by atoms with E-state index in [9.17, 15) is 19.7 Å². The Balaban J connectivity index is 1.43. The summed E-state index contributed by atoms with van der Waals surface area (Å²) in [7, 11) is 1.45. The molecule has 168 valence electrons. The van der Waals surface area contributed by atoms with Gasteiger partial charge in [0.1, 0.15) is 5.75 Å². The second kappa shape index (κ2) is 9.35. The number of nitro groups is 1. The first kappa shape index (κ1) is 22.4. The van der Waals surface area contributed by atoms with Crippen molar-refractivity contribution in [1.82, 2.24) is 14.6 Å². The maximum atomic E-state index is 12.5. The number of carbonyl (C=O) groups excluding carboxylic acids is 2. The number of amides is 1. The van der Waals surface area contributed by atoms with Gasteiger partial charge in [-0.25, -0.2) is 4.52 Å². The molecule has 0 saturated carbocycles. The molecular formula is C21H16ClN5O5S. The van der Waals surface area contributed by atoms with Gasteiger partial charge in [0, 0.05) is 40.9 Å². The average molecular weight is 486 g/mol. The van der Waals surface area contributed by atoms with Crippen LogP contribution in [0.3, 0.4) is 0 Å². The second-order valence-corrected chi connectivity index (χ2v) is 8.14. The smallest absolute Gasteiger partial charge is 0.269 e. The van der Waals surface area contributed by atoms with Crippen LogP contribution in [0.5, 0.6) is 5.75 Å². The lowest BCUT2D eigenvalue weighted by Gasteiger charge is -2.08. The predicted octanol–water partition coefficient (Wildman–Crippen LogP) is 4.63. The summed E-state index contributed by atoms with van der Waals surface area (Å²) in [6.07, 6.45) is -0.116. The van der Waals surface area contributed by atoms with E-state index in [0.29, 0.717) is 27.0 Å². The van der Waals surface area contributed by atoms with Gasteiger partial charge in [0.2, 0.25) is 16.8 Å². The van der Waals surface area contributed by atoms with Gasteiger partial charge >= 0.3 is 0 Å². The number of non-ortho nitro benzene ring substituents is 1. The number of thiazole rings is 1. The van der Waals surface area contributed by atoms with Crippen LogP contribution in [0.15, 0.2) is 47.8 Å². The van der Waals surface area contributed by atoms with E-state index in [1.807, 2.05) is 5.38 Å². The number of hydrogen-bond acceptors (Lipinski definition) is 8. The first-order valence-corrected chi connectivity index (χ1v) is 10.9. The maximum absolute atomic E-state index is 12.5. The lowest BCUT2D eigenvalue weighted by molar-refractivity contribution is -0.384. The molecule has 4 aromatic rings. The molecule has 2 aromatic carbocycles. The molecule has 10 nitrogen and oxygen atoms in total. The minimum absolute atomic E-state index is 0.0123. The van der Waals surface area contributed by atoms with Crippen LogP contribution >= 0.6 is 22.9 Å². The van der Waals surface area contributed by atoms with Crippen LogP contribution in [0, 0.1) is 10.1 Å². The Morgan fingerprint density at radius 3 is 2.67 bits per heavy atom. The Morgan fingerprint density at radius 1 is 1.21 bits per heavy atom. The number of nitrogens with zero attached hydrogens (tertiary/aromatic N) is 4. The van der Waals surface area contributed by atoms with Crippen LogP contribution < -0.4 is 10.1 Å². The van der Waals surface area contributed by atoms with Gasteiger partial charge < -0.3 is 4.74 Å². The molecular weight excluding hydrogens is 470 g/mol. The van der Waals surface area contributed by atoms with E-state index in [4.69, 9.17) is 16.3 Å². The zero-order chi connectivity index (χ0) is 23.5. The van der Waals surface area contributed by atoms with Crippen molar-refractivity contribution in [2.45, 2.75) is 12.8 Å². The van der Waals surface area contributed by atoms with Gasteiger partial charge in [-0.1, -0.05) is 11.6 Å². The van der Waals surface area contributed by atoms with Crippen molar-refractivity contribution in [2.24, 2.45) is 0 Å². The number of nitro benzene ring substituents is 1. The van der Waals surface area contributed by atoms with Crippen molar-refractivity contribution in [3.05, 3.63) is 68.5 Å². The molecule has 0 aliphatic carbocycles. The highest BCUT2D eigenvalue weighted by atomic mass is 35.5. The number of fused-ring (bicyclic) bond motifs is 1. The minimum Gasteiger partial charge on any atom is -0.496 e. The number of ether oxygens (including phenoxy) is 1. The number of Topliss-reactive ketones (excluding diaryl/α,β-unsaturated/α-hetero) is 1. The molecule has 4 rings (SSSR count). The van der Waals surface area contributed by atoms with E-state index < -0.39 is 10.8 Å². The number of nitrogens with one attached hydrogen (secondary N) is 1. The molecule has 2 aromatic heterocycles. The summed E-state index contributed by atoms with van der Waals surface area (Å²) in [4.78, 5) is 40.1. The fourth-order valence-corrected chi connectivity index (χ4v) is 4.14. The molecule has 0 spiro atoms. The van der Waals surface area contributed by atoms with Crippen molar-refractivity contribution in [1.29, 1.82) is 0 Å². The van der Waals surface area contributed by atoms with Gasteiger partial charge in [-0.15, -0.1) is 16.4 Å². The van der Waals surface area contributed by atoms with Gasteiger partial charge in [-0.3, -0.25) is 25.0 Å². The van der Waals surface area contributed by atoms with Gasteiger partial charge in [-0.05, 0) is 30.3 Å². The van der Waals surface area contributed by atoms with E-state index in [0.717, 1.165) is 5.56 Å². The SMILES string of the molecule is COc1ccc(Cl)cc1C(=O)CCC(=O)Nc1nc2scc(-c3ccc([N+](=O)[O-])cc3)n2n1. The summed E-state index contributed by atoms with van der Waals surface area (Å²) < 4.78 is 6.72. The minimum atomic E-state index is -0.469. The number of methoxy groups -OCH3 is 1. The summed E-state index contributed by atoms with van der Waals surface area (Å²) in [5.41, 5.74) is 1.70. The molecule has 33 heavy (non-hydrogen) atoms. The van der Waals surface area contributed by atoms with Crippen molar-refractivity contribution in [3.63, 3.8) is 0 Å².